The third-order valence-electron chi connectivity index (χ3n) is 5.62. The molecule has 1 amide bonds. The molecule has 0 radical (unpaired) electrons. The van der Waals surface area contributed by atoms with Gasteiger partial charge < -0.3 is 14.5 Å². The number of carbonyl (C=O) groups is 2. The molecule has 0 atom stereocenters. The van der Waals surface area contributed by atoms with Crippen molar-refractivity contribution in [1.29, 1.82) is 0 Å². The molecule has 3 aromatic carbocycles. The monoisotopic (exact) mass is 495 g/mol. The van der Waals surface area contributed by atoms with Crippen LogP contribution in [0.1, 0.15) is 23.0 Å². The van der Waals surface area contributed by atoms with Gasteiger partial charge in [-0.15, -0.1) is 0 Å². The van der Waals surface area contributed by atoms with E-state index >= 15 is 0 Å². The van der Waals surface area contributed by atoms with Crippen LogP contribution < -0.4 is 10.1 Å². The molecule has 0 saturated carbocycles. The number of hydrogen-bond acceptors (Lipinski definition) is 5. The van der Waals surface area contributed by atoms with Gasteiger partial charge in [-0.2, -0.15) is 9.78 Å². The molecule has 0 fully saturated rings. The van der Waals surface area contributed by atoms with Gasteiger partial charge in [-0.3, -0.25) is 9.59 Å². The van der Waals surface area contributed by atoms with Crippen LogP contribution in [0, 0.1) is 12.7 Å². The molecule has 2 heterocycles. The number of furan rings is 1. The molecule has 184 valence electrons. The highest BCUT2D eigenvalue weighted by atomic mass is 19.1. The van der Waals surface area contributed by atoms with E-state index in [0.29, 0.717) is 28.2 Å². The van der Waals surface area contributed by atoms with Crippen molar-refractivity contribution in [2.75, 3.05) is 5.32 Å². The maximum Gasteiger partial charge on any atom is 0.309 e. The first-order chi connectivity index (χ1) is 17.9. The second-order valence-electron chi connectivity index (χ2n) is 8.39. The van der Waals surface area contributed by atoms with E-state index in [0.717, 1.165) is 11.1 Å². The lowest BCUT2D eigenvalue weighted by Gasteiger charge is -2.10. The van der Waals surface area contributed by atoms with Crippen molar-refractivity contribution in [2.45, 2.75) is 13.8 Å². The minimum absolute atomic E-state index is 0.197. The van der Waals surface area contributed by atoms with Gasteiger partial charge in [0.2, 0.25) is 5.88 Å². The summed E-state index contributed by atoms with van der Waals surface area (Å²) < 4.78 is 25.9. The fourth-order valence-electron chi connectivity index (χ4n) is 3.97. The molecule has 5 rings (SSSR count). The Bertz CT molecular complexity index is 1570. The number of rotatable bonds is 6. The second kappa shape index (κ2) is 9.94. The van der Waals surface area contributed by atoms with Crippen LogP contribution in [-0.2, 0) is 4.79 Å². The predicted molar refractivity (Wildman–Crippen MR) is 137 cm³/mol. The normalized spacial score (nSPS) is 10.8. The standard InChI is InChI=1S/C29H22FN3O4/c1-18-5-3-6-21(17-18)27-26(20-8-12-23(13-9-20)31-28(35)25-7-4-16-36-25)29(37-19(2)34)33(32-27)24-14-10-22(30)11-15-24/h3-17H,1-2H3,(H,31,35). The third kappa shape index (κ3) is 5.04. The van der Waals surface area contributed by atoms with Crippen molar-refractivity contribution in [3.63, 3.8) is 0 Å². The van der Waals surface area contributed by atoms with Crippen LogP contribution >= 0.6 is 0 Å². The van der Waals surface area contributed by atoms with E-state index in [1.54, 1.807) is 48.5 Å². The van der Waals surface area contributed by atoms with Crippen LogP contribution in [0.5, 0.6) is 5.88 Å². The molecule has 0 aliphatic heterocycles. The lowest BCUT2D eigenvalue weighted by molar-refractivity contribution is -0.132. The number of nitrogens with zero attached hydrogens (tertiary/aromatic N) is 2. The van der Waals surface area contributed by atoms with E-state index in [9.17, 15) is 14.0 Å². The predicted octanol–water partition coefficient (Wildman–Crippen LogP) is 6.42. The first-order valence-electron chi connectivity index (χ1n) is 11.5. The number of nitrogens with one attached hydrogen (secondary N) is 1. The van der Waals surface area contributed by atoms with Crippen LogP contribution in [0.3, 0.4) is 0 Å². The number of aryl methyl sites for hydroxylation is 1. The second-order valence-corrected chi connectivity index (χ2v) is 8.39. The number of ether oxygens (including phenoxy) is 1. The van der Waals surface area contributed by atoms with Crippen LogP contribution in [-0.4, -0.2) is 21.7 Å². The van der Waals surface area contributed by atoms with Gasteiger partial charge in [-0.05, 0) is 67.1 Å². The molecule has 0 unspecified atom stereocenters. The molecule has 8 heteroatoms. The summed E-state index contributed by atoms with van der Waals surface area (Å²) in [6, 6.07) is 23.9. The summed E-state index contributed by atoms with van der Waals surface area (Å²) in [5.74, 6) is -0.895. The summed E-state index contributed by atoms with van der Waals surface area (Å²) in [5.41, 5.74) is 4.80. The number of hydrogen-bond donors (Lipinski definition) is 1. The number of amides is 1. The average Bonchev–Trinajstić information content (AvgIpc) is 3.54. The summed E-state index contributed by atoms with van der Waals surface area (Å²) in [5, 5.41) is 7.58. The molecular weight excluding hydrogens is 473 g/mol. The van der Waals surface area contributed by atoms with Crippen molar-refractivity contribution in [3.05, 3.63) is 108 Å². The van der Waals surface area contributed by atoms with Crippen molar-refractivity contribution < 1.29 is 23.1 Å². The summed E-state index contributed by atoms with van der Waals surface area (Å²) in [6.07, 6.45) is 1.43. The first kappa shape index (κ1) is 23.7. The Morgan fingerprint density at radius 3 is 2.35 bits per heavy atom. The molecule has 0 aliphatic rings. The zero-order valence-electron chi connectivity index (χ0n) is 20.1. The van der Waals surface area contributed by atoms with E-state index in [1.807, 2.05) is 31.2 Å². The minimum atomic E-state index is -0.525. The number of halogens is 1. The molecule has 7 nitrogen and oxygen atoms in total. The topological polar surface area (TPSA) is 86.4 Å². The summed E-state index contributed by atoms with van der Waals surface area (Å²) in [6.45, 7) is 3.29. The fourth-order valence-corrected chi connectivity index (χ4v) is 3.97. The van der Waals surface area contributed by atoms with Crippen LogP contribution in [0.4, 0.5) is 10.1 Å². The highest BCUT2D eigenvalue weighted by Crippen LogP contribution is 2.41. The third-order valence-corrected chi connectivity index (χ3v) is 5.62. The van der Waals surface area contributed by atoms with Crippen molar-refractivity contribution in [2.24, 2.45) is 0 Å². The Morgan fingerprint density at radius 2 is 1.70 bits per heavy atom. The SMILES string of the molecule is CC(=O)Oc1c(-c2ccc(NC(=O)c3ccco3)cc2)c(-c2cccc(C)c2)nn1-c1ccc(F)cc1. The Balaban J connectivity index is 1.64. The van der Waals surface area contributed by atoms with Gasteiger partial charge in [0.1, 0.15) is 11.5 Å². The lowest BCUT2D eigenvalue weighted by Crippen LogP contribution is -2.10. The van der Waals surface area contributed by atoms with Crippen LogP contribution in [0.2, 0.25) is 0 Å². The fraction of sp³-hybridized carbons (Fsp3) is 0.0690. The molecule has 0 aliphatic carbocycles. The van der Waals surface area contributed by atoms with Crippen LogP contribution in [0.15, 0.2) is 95.6 Å². The molecular formula is C29H22FN3O4. The Kier molecular flexibility index (Phi) is 6.38. The van der Waals surface area contributed by atoms with Crippen LogP contribution in [0.25, 0.3) is 28.1 Å². The lowest BCUT2D eigenvalue weighted by atomic mass is 10.00. The number of benzene rings is 3. The van der Waals surface area contributed by atoms with Gasteiger partial charge in [0.15, 0.2) is 5.76 Å². The maximum absolute atomic E-state index is 13.6. The Labute approximate surface area is 212 Å². The highest BCUT2D eigenvalue weighted by molar-refractivity contribution is 6.02. The van der Waals surface area contributed by atoms with E-state index in [1.165, 1.54) is 30.0 Å². The first-order valence-corrected chi connectivity index (χ1v) is 11.5. The molecule has 37 heavy (non-hydrogen) atoms. The maximum atomic E-state index is 13.6. The van der Waals surface area contributed by atoms with E-state index in [-0.39, 0.29) is 17.5 Å². The number of carbonyl (C=O) groups excluding carboxylic acids is 2. The molecule has 2 aromatic heterocycles. The molecule has 5 aromatic rings. The van der Waals surface area contributed by atoms with Gasteiger partial charge in [0, 0.05) is 18.2 Å². The Morgan fingerprint density at radius 1 is 0.946 bits per heavy atom. The van der Waals surface area contributed by atoms with E-state index in [2.05, 4.69) is 5.32 Å². The van der Waals surface area contributed by atoms with Gasteiger partial charge in [-0.1, -0.05) is 35.9 Å². The van der Waals surface area contributed by atoms with Gasteiger partial charge >= 0.3 is 5.97 Å². The zero-order chi connectivity index (χ0) is 25.9. The van der Waals surface area contributed by atoms with E-state index in [4.69, 9.17) is 14.3 Å². The average molecular weight is 496 g/mol. The Hall–Kier alpha value is -4.98. The van der Waals surface area contributed by atoms with Crippen molar-refractivity contribution in [1.82, 2.24) is 9.78 Å². The highest BCUT2D eigenvalue weighted by Gasteiger charge is 2.25. The van der Waals surface area contributed by atoms with Crippen molar-refractivity contribution >= 4 is 17.6 Å². The zero-order valence-corrected chi connectivity index (χ0v) is 20.1. The van der Waals surface area contributed by atoms with E-state index < -0.39 is 11.8 Å². The largest absolute Gasteiger partial charge is 0.459 e. The molecule has 0 saturated heterocycles. The number of aromatic nitrogens is 2. The number of esters is 1. The van der Waals surface area contributed by atoms with Gasteiger partial charge in [-0.25, -0.2) is 4.39 Å². The molecule has 1 N–H and O–H groups in total. The quantitative estimate of drug-likeness (QED) is 0.275. The molecule has 0 bridgehead atoms. The van der Waals surface area contributed by atoms with Gasteiger partial charge in [0.25, 0.3) is 5.91 Å². The van der Waals surface area contributed by atoms with Gasteiger partial charge in [0.05, 0.1) is 17.5 Å². The summed E-state index contributed by atoms with van der Waals surface area (Å²) in [7, 11) is 0. The van der Waals surface area contributed by atoms with Crippen molar-refractivity contribution in [3.8, 4) is 34.0 Å². The minimum Gasteiger partial charge on any atom is -0.459 e. The summed E-state index contributed by atoms with van der Waals surface area (Å²) in [4.78, 5) is 24.5. The summed E-state index contributed by atoms with van der Waals surface area (Å²) >= 11 is 0. The number of anilines is 1. The molecule has 0 spiro atoms. The smallest absolute Gasteiger partial charge is 0.309 e.